The van der Waals surface area contributed by atoms with Crippen molar-refractivity contribution in [2.75, 3.05) is 58.8 Å². The smallest absolute Gasteiger partial charge is 0.351 e. The Morgan fingerprint density at radius 1 is 0.782 bits per heavy atom. The first-order chi connectivity index (χ1) is 37.4. The van der Waals surface area contributed by atoms with E-state index in [4.69, 9.17) is 18.5 Å². The lowest BCUT2D eigenvalue weighted by molar-refractivity contribution is -0.131. The fourth-order valence-corrected chi connectivity index (χ4v) is 12.8. The zero-order chi connectivity index (χ0) is 55.6. The van der Waals surface area contributed by atoms with Crippen molar-refractivity contribution in [3.63, 3.8) is 0 Å². The van der Waals surface area contributed by atoms with Crippen molar-refractivity contribution in [1.82, 2.24) is 28.9 Å². The molecule has 17 nitrogen and oxygen atoms in total. The minimum atomic E-state index is -1.74. The Hall–Kier alpha value is -6.74. The van der Waals surface area contributed by atoms with Gasteiger partial charge < -0.3 is 28.7 Å². The molecule has 4 aliphatic rings. The summed E-state index contributed by atoms with van der Waals surface area (Å²) in [5.41, 5.74) is 5.31. The molecule has 6 atom stereocenters. The van der Waals surface area contributed by atoms with Crippen molar-refractivity contribution in [2.45, 2.75) is 109 Å². The summed E-state index contributed by atoms with van der Waals surface area (Å²) in [5.74, 6) is -3.17. The molecule has 1 aromatic heterocycles. The van der Waals surface area contributed by atoms with Gasteiger partial charge in [0.2, 0.25) is 11.8 Å². The third-order valence-electron chi connectivity index (χ3n) is 14.9. The van der Waals surface area contributed by atoms with Crippen molar-refractivity contribution >= 4 is 38.0 Å². The van der Waals surface area contributed by atoms with E-state index in [1.807, 2.05) is 58.0 Å². The molecule has 0 saturated carbocycles. The maximum atomic E-state index is 14.3. The number of aryl methyl sites for hydroxylation is 3. The number of nitriles is 1. The summed E-state index contributed by atoms with van der Waals surface area (Å²) in [6, 6.07) is 32.1. The summed E-state index contributed by atoms with van der Waals surface area (Å²) in [6.07, 6.45) is 3.21. The Balaban J connectivity index is 0.976. The van der Waals surface area contributed by atoms with E-state index in [1.165, 1.54) is 14.4 Å². The van der Waals surface area contributed by atoms with Crippen molar-refractivity contribution in [2.24, 2.45) is 0 Å². The van der Waals surface area contributed by atoms with Crippen LogP contribution in [-0.2, 0) is 33.7 Å². The second kappa shape index (κ2) is 23.7. The van der Waals surface area contributed by atoms with E-state index in [0.29, 0.717) is 28.8 Å². The maximum absolute atomic E-state index is 14.3. The predicted octanol–water partition coefficient (Wildman–Crippen LogP) is 8.50. The first-order valence-electron chi connectivity index (χ1n) is 26.7. The number of nitrogens with one attached hydrogen (secondary N) is 1. The van der Waals surface area contributed by atoms with Crippen LogP contribution in [-0.4, -0.2) is 130 Å². The largest absolute Gasteiger partial charge is 0.368 e. The molecule has 408 valence electrons. The van der Waals surface area contributed by atoms with Crippen LogP contribution in [0.5, 0.6) is 0 Å². The lowest BCUT2D eigenvalue weighted by Gasteiger charge is -2.40. The third kappa shape index (κ3) is 11.0. The van der Waals surface area contributed by atoms with Gasteiger partial charge in [-0.25, -0.2) is 9.46 Å². The lowest BCUT2D eigenvalue weighted by atomic mass is 9.72. The van der Waals surface area contributed by atoms with E-state index in [-0.39, 0.29) is 75.1 Å². The van der Waals surface area contributed by atoms with Crippen molar-refractivity contribution in [3.05, 3.63) is 175 Å². The molecular formula is C60H69N8O9P. The van der Waals surface area contributed by atoms with E-state index in [1.54, 1.807) is 30.5 Å². The molecule has 1 saturated heterocycles. The van der Waals surface area contributed by atoms with Gasteiger partial charge >= 0.3 is 5.69 Å². The van der Waals surface area contributed by atoms with Gasteiger partial charge in [-0.1, -0.05) is 102 Å². The van der Waals surface area contributed by atoms with Gasteiger partial charge in [-0.05, 0) is 103 Å². The molecule has 1 aliphatic carbocycles. The highest BCUT2D eigenvalue weighted by atomic mass is 31.2. The molecule has 0 spiro atoms. The van der Waals surface area contributed by atoms with Crippen LogP contribution in [0, 0.1) is 32.1 Å². The van der Waals surface area contributed by atoms with E-state index >= 15 is 0 Å². The SMILES string of the molecule is Cc1ccc(C(OC[C@H]2O[C@@H](n3cc(C)c(NCCN4C(=O)c5ccc6c7c5C(C=CC7C(=O)N(CCN(C)C)C6=O)C4=O)nc3=O)C[C@@H]2OP(OCCC#N)N(C(C)C)C(C)C)(c2ccccc2)c2ccc(C)cc2)cc1. The number of hydrogen-bond acceptors (Lipinski definition) is 14. The Kier molecular flexibility index (Phi) is 17.0. The van der Waals surface area contributed by atoms with E-state index < -0.39 is 67.8 Å². The zero-order valence-corrected chi connectivity index (χ0v) is 46.7. The number of rotatable bonds is 22. The summed E-state index contributed by atoms with van der Waals surface area (Å²) in [7, 11) is 1.99. The van der Waals surface area contributed by atoms with Crippen LogP contribution >= 0.6 is 8.53 Å². The average Bonchev–Trinajstić information content (AvgIpc) is 3.97. The molecule has 4 heterocycles. The summed E-state index contributed by atoms with van der Waals surface area (Å²) in [6.45, 7) is 15.1. The normalized spacial score (nSPS) is 20.3. The van der Waals surface area contributed by atoms with Crippen LogP contribution in [0.25, 0.3) is 0 Å². The fraction of sp³-hybridized carbons (Fsp3) is 0.417. The highest BCUT2D eigenvalue weighted by Gasteiger charge is 2.49. The number of aromatic nitrogens is 2. The molecular weight excluding hydrogens is 1010 g/mol. The van der Waals surface area contributed by atoms with Gasteiger partial charge in [-0.15, -0.1) is 0 Å². The minimum absolute atomic E-state index is 0.0252. The fourth-order valence-electron chi connectivity index (χ4n) is 11.0. The highest BCUT2D eigenvalue weighted by molar-refractivity contribution is 7.44. The number of likely N-dealkylation sites (N-methyl/N-ethyl adjacent to an activating group) is 1. The Labute approximate surface area is 457 Å². The van der Waals surface area contributed by atoms with Gasteiger partial charge in [0.05, 0.1) is 43.6 Å². The van der Waals surface area contributed by atoms with Gasteiger partial charge in [0.1, 0.15) is 23.8 Å². The highest BCUT2D eigenvalue weighted by Crippen LogP contribution is 2.51. The number of carbonyl (C=O) groups is 4. The van der Waals surface area contributed by atoms with Crippen LogP contribution in [0.4, 0.5) is 5.82 Å². The summed E-state index contributed by atoms with van der Waals surface area (Å²) < 4.78 is 31.4. The molecule has 9 rings (SSSR count). The molecule has 1 N–H and O–H groups in total. The van der Waals surface area contributed by atoms with Gasteiger partial charge in [0.25, 0.3) is 20.3 Å². The molecule has 5 aromatic rings. The number of amides is 4. The van der Waals surface area contributed by atoms with Crippen molar-refractivity contribution in [1.29, 1.82) is 5.26 Å². The monoisotopic (exact) mass is 1080 g/mol. The zero-order valence-electron chi connectivity index (χ0n) is 45.8. The standard InChI is InChI=1S/C60H69N8O9P/c1-37(2)68(38(3)4)78(75-33-13-28-61)77-49-34-51(76-50(49)36-74-60(42-14-11-10-12-15-42,43-20-16-39(5)17-21-43)44-22-18-40(6)19-23-44)67-35-41(7)54(63-59(67)73)62-29-30-65-55(69)45-24-26-47-53-48(27-25-46(52(45)53)56(65)70)58(72)66(57(47)71)32-31-64(8)9/h10-12,14-27,35,37-38,45,47,49-51H,13,29-34,36H2,1-9H3,(H,62,63,73)/t45?,47?,49-,50+,51+,78?/m0/s1. The van der Waals surface area contributed by atoms with E-state index in [0.717, 1.165) is 27.8 Å². The molecule has 4 aromatic carbocycles. The van der Waals surface area contributed by atoms with Crippen molar-refractivity contribution in [3.8, 4) is 6.07 Å². The predicted molar refractivity (Wildman–Crippen MR) is 297 cm³/mol. The van der Waals surface area contributed by atoms with Crippen molar-refractivity contribution < 1.29 is 37.7 Å². The van der Waals surface area contributed by atoms with E-state index in [2.05, 4.69) is 109 Å². The van der Waals surface area contributed by atoms with Gasteiger partial charge in [0, 0.05) is 67.6 Å². The second-order valence-electron chi connectivity index (χ2n) is 21.3. The molecule has 0 bridgehead atoms. The number of hydrogen-bond donors (Lipinski definition) is 1. The third-order valence-corrected chi connectivity index (χ3v) is 17.0. The Morgan fingerprint density at radius 3 is 1.87 bits per heavy atom. The van der Waals surface area contributed by atoms with Crippen LogP contribution < -0.4 is 11.0 Å². The van der Waals surface area contributed by atoms with Gasteiger partial charge in [-0.2, -0.15) is 10.2 Å². The Morgan fingerprint density at radius 2 is 1.33 bits per heavy atom. The topological polar surface area (TPSA) is 189 Å². The van der Waals surface area contributed by atoms with Crippen LogP contribution in [0.15, 0.2) is 114 Å². The van der Waals surface area contributed by atoms with Crippen LogP contribution in [0.1, 0.15) is 124 Å². The minimum Gasteiger partial charge on any atom is -0.368 e. The summed E-state index contributed by atoms with van der Waals surface area (Å²) >= 11 is 0. The molecule has 3 aliphatic heterocycles. The van der Waals surface area contributed by atoms with Crippen LogP contribution in [0.2, 0.25) is 0 Å². The lowest BCUT2D eigenvalue weighted by Crippen LogP contribution is -2.51. The molecule has 0 radical (unpaired) electrons. The first kappa shape index (κ1) is 56.0. The molecule has 78 heavy (non-hydrogen) atoms. The van der Waals surface area contributed by atoms with Crippen LogP contribution in [0.3, 0.4) is 0 Å². The number of imide groups is 2. The average molecular weight is 1080 g/mol. The molecule has 1 fully saturated rings. The Bertz CT molecular complexity index is 3120. The first-order valence-corrected chi connectivity index (χ1v) is 27.9. The summed E-state index contributed by atoms with van der Waals surface area (Å²) in [4.78, 5) is 78.6. The molecule has 18 heteroatoms. The maximum Gasteiger partial charge on any atom is 0.351 e. The second-order valence-corrected chi connectivity index (χ2v) is 22.7. The van der Waals surface area contributed by atoms with E-state index in [9.17, 15) is 29.2 Å². The molecule has 3 unspecified atom stereocenters. The number of ether oxygens (including phenoxy) is 2. The number of benzene rings is 4. The number of carbonyl (C=O) groups excluding carboxylic acids is 4. The van der Waals surface area contributed by atoms with Gasteiger partial charge in [-0.3, -0.25) is 33.5 Å². The quantitative estimate of drug-likeness (QED) is 0.0228. The summed E-state index contributed by atoms with van der Waals surface area (Å²) in [5, 5.41) is 12.7. The number of anilines is 1. The number of nitrogens with zero attached hydrogens (tertiary/aromatic N) is 7. The van der Waals surface area contributed by atoms with Gasteiger partial charge in [0.15, 0.2) is 0 Å². The molecule has 4 amide bonds.